The lowest BCUT2D eigenvalue weighted by Crippen LogP contribution is -2.51. The van der Waals surface area contributed by atoms with Crippen LogP contribution in [-0.4, -0.2) is 30.6 Å². The standard InChI is InChI=1S/C19H26N2O/c1-14-5-7-18(8-6-14)21-10-9-20(12-16(21)3)13-19-11-15(2)17(4)22-19/h5-8,11,16H,9-10,12-13H2,1-4H3. The van der Waals surface area contributed by atoms with Gasteiger partial charge in [0.2, 0.25) is 0 Å². The molecule has 0 bridgehead atoms. The van der Waals surface area contributed by atoms with Crippen LogP contribution in [0.15, 0.2) is 34.7 Å². The molecule has 2 heterocycles. The second-order valence-corrected chi connectivity index (χ2v) is 6.56. The van der Waals surface area contributed by atoms with Crippen molar-refractivity contribution in [3.63, 3.8) is 0 Å². The molecule has 0 radical (unpaired) electrons. The molecule has 3 rings (SSSR count). The lowest BCUT2D eigenvalue weighted by Gasteiger charge is -2.41. The minimum absolute atomic E-state index is 0.522. The van der Waals surface area contributed by atoms with Crippen LogP contribution in [0.25, 0.3) is 0 Å². The number of aryl methyl sites for hydroxylation is 3. The van der Waals surface area contributed by atoms with Gasteiger partial charge >= 0.3 is 0 Å². The van der Waals surface area contributed by atoms with E-state index >= 15 is 0 Å². The van der Waals surface area contributed by atoms with Crippen LogP contribution in [0, 0.1) is 20.8 Å². The molecule has 118 valence electrons. The highest BCUT2D eigenvalue weighted by atomic mass is 16.3. The van der Waals surface area contributed by atoms with Crippen LogP contribution in [0.4, 0.5) is 5.69 Å². The largest absolute Gasteiger partial charge is 0.465 e. The molecule has 1 aromatic heterocycles. The summed E-state index contributed by atoms with van der Waals surface area (Å²) in [5.41, 5.74) is 3.90. The van der Waals surface area contributed by atoms with Crippen LogP contribution < -0.4 is 4.90 Å². The minimum atomic E-state index is 0.522. The summed E-state index contributed by atoms with van der Waals surface area (Å²) >= 11 is 0. The normalized spacial score (nSPS) is 19.6. The fourth-order valence-electron chi connectivity index (χ4n) is 3.24. The van der Waals surface area contributed by atoms with Gasteiger partial charge in [0.15, 0.2) is 0 Å². The summed E-state index contributed by atoms with van der Waals surface area (Å²) < 4.78 is 5.82. The van der Waals surface area contributed by atoms with Gasteiger partial charge in [0.25, 0.3) is 0 Å². The van der Waals surface area contributed by atoms with Gasteiger partial charge in [-0.3, -0.25) is 4.90 Å². The van der Waals surface area contributed by atoms with Crippen molar-refractivity contribution in [2.75, 3.05) is 24.5 Å². The number of hydrogen-bond acceptors (Lipinski definition) is 3. The topological polar surface area (TPSA) is 19.6 Å². The van der Waals surface area contributed by atoms with Crippen molar-refractivity contribution in [2.24, 2.45) is 0 Å². The summed E-state index contributed by atoms with van der Waals surface area (Å²) in [4.78, 5) is 5.00. The Hall–Kier alpha value is -1.74. The number of furan rings is 1. The molecular weight excluding hydrogens is 272 g/mol. The van der Waals surface area contributed by atoms with E-state index in [1.165, 1.54) is 16.8 Å². The zero-order chi connectivity index (χ0) is 15.7. The molecule has 2 aromatic rings. The zero-order valence-electron chi connectivity index (χ0n) is 14.1. The maximum absolute atomic E-state index is 5.82. The van der Waals surface area contributed by atoms with Crippen LogP contribution in [0.5, 0.6) is 0 Å². The molecule has 0 spiro atoms. The number of piperazine rings is 1. The van der Waals surface area contributed by atoms with Crippen molar-refractivity contribution in [3.05, 3.63) is 53.0 Å². The first kappa shape index (κ1) is 15.2. The van der Waals surface area contributed by atoms with E-state index in [1.807, 2.05) is 6.92 Å². The Labute approximate surface area is 133 Å². The van der Waals surface area contributed by atoms with Gasteiger partial charge in [-0.1, -0.05) is 17.7 Å². The third kappa shape index (κ3) is 3.20. The molecule has 1 fully saturated rings. The van der Waals surface area contributed by atoms with Gasteiger partial charge in [-0.15, -0.1) is 0 Å². The van der Waals surface area contributed by atoms with E-state index in [0.717, 1.165) is 37.7 Å². The molecule has 1 aliphatic heterocycles. The van der Waals surface area contributed by atoms with Gasteiger partial charge in [0.1, 0.15) is 11.5 Å². The smallest absolute Gasteiger partial charge is 0.118 e. The van der Waals surface area contributed by atoms with Crippen LogP contribution in [0.1, 0.15) is 29.6 Å². The van der Waals surface area contributed by atoms with E-state index < -0.39 is 0 Å². The molecular formula is C19H26N2O. The highest BCUT2D eigenvalue weighted by Crippen LogP contribution is 2.23. The predicted molar refractivity (Wildman–Crippen MR) is 91.4 cm³/mol. The first-order chi connectivity index (χ1) is 10.5. The Morgan fingerprint density at radius 3 is 2.41 bits per heavy atom. The SMILES string of the molecule is Cc1ccc(N2CCN(Cc3cc(C)c(C)o3)CC2C)cc1. The summed E-state index contributed by atoms with van der Waals surface area (Å²) in [6.07, 6.45) is 0. The third-order valence-electron chi connectivity index (χ3n) is 4.67. The van der Waals surface area contributed by atoms with Crippen molar-refractivity contribution >= 4 is 5.69 Å². The van der Waals surface area contributed by atoms with Crippen molar-refractivity contribution < 1.29 is 4.42 Å². The maximum Gasteiger partial charge on any atom is 0.118 e. The highest BCUT2D eigenvalue weighted by Gasteiger charge is 2.24. The number of benzene rings is 1. The molecule has 0 saturated carbocycles. The van der Waals surface area contributed by atoms with E-state index in [-0.39, 0.29) is 0 Å². The van der Waals surface area contributed by atoms with E-state index in [9.17, 15) is 0 Å². The molecule has 3 nitrogen and oxygen atoms in total. The lowest BCUT2D eigenvalue weighted by molar-refractivity contribution is 0.204. The summed E-state index contributed by atoms with van der Waals surface area (Å²) in [5.74, 6) is 2.13. The molecule has 1 aliphatic rings. The van der Waals surface area contributed by atoms with Crippen LogP contribution in [0.3, 0.4) is 0 Å². The average Bonchev–Trinajstić information content (AvgIpc) is 2.79. The fraction of sp³-hybridized carbons (Fsp3) is 0.474. The van der Waals surface area contributed by atoms with Crippen LogP contribution in [-0.2, 0) is 6.54 Å². The Balaban J connectivity index is 1.63. The van der Waals surface area contributed by atoms with E-state index in [2.05, 4.69) is 60.9 Å². The van der Waals surface area contributed by atoms with E-state index in [1.54, 1.807) is 0 Å². The number of rotatable bonds is 3. The molecule has 22 heavy (non-hydrogen) atoms. The van der Waals surface area contributed by atoms with Crippen molar-refractivity contribution in [1.82, 2.24) is 4.90 Å². The third-order valence-corrected chi connectivity index (χ3v) is 4.67. The van der Waals surface area contributed by atoms with Gasteiger partial charge in [-0.05, 0) is 51.5 Å². The van der Waals surface area contributed by atoms with Gasteiger partial charge < -0.3 is 9.32 Å². The van der Waals surface area contributed by atoms with Gasteiger partial charge in [0, 0.05) is 31.4 Å². The van der Waals surface area contributed by atoms with Crippen molar-refractivity contribution in [3.8, 4) is 0 Å². The predicted octanol–water partition coefficient (Wildman–Crippen LogP) is 3.92. The van der Waals surface area contributed by atoms with E-state index in [0.29, 0.717) is 6.04 Å². The Morgan fingerprint density at radius 1 is 1.09 bits per heavy atom. The highest BCUT2D eigenvalue weighted by molar-refractivity contribution is 5.49. The second kappa shape index (κ2) is 6.17. The fourth-order valence-corrected chi connectivity index (χ4v) is 3.24. The molecule has 1 saturated heterocycles. The number of nitrogens with zero attached hydrogens (tertiary/aromatic N) is 2. The van der Waals surface area contributed by atoms with Crippen molar-refractivity contribution in [2.45, 2.75) is 40.3 Å². The molecule has 1 unspecified atom stereocenters. The molecule has 0 amide bonds. The molecule has 1 aromatic carbocycles. The second-order valence-electron chi connectivity index (χ2n) is 6.56. The minimum Gasteiger partial charge on any atom is -0.465 e. The van der Waals surface area contributed by atoms with Crippen LogP contribution >= 0.6 is 0 Å². The summed E-state index contributed by atoms with van der Waals surface area (Å²) in [5, 5.41) is 0. The van der Waals surface area contributed by atoms with Gasteiger partial charge in [-0.2, -0.15) is 0 Å². The lowest BCUT2D eigenvalue weighted by atomic mass is 10.1. The molecule has 3 heteroatoms. The van der Waals surface area contributed by atoms with Crippen molar-refractivity contribution in [1.29, 1.82) is 0 Å². The van der Waals surface area contributed by atoms with Gasteiger partial charge in [-0.25, -0.2) is 0 Å². The molecule has 0 N–H and O–H groups in total. The Kier molecular flexibility index (Phi) is 4.25. The Bertz CT molecular complexity index is 610. The maximum atomic E-state index is 5.82. The monoisotopic (exact) mass is 298 g/mol. The first-order valence-electron chi connectivity index (χ1n) is 8.14. The first-order valence-corrected chi connectivity index (χ1v) is 8.14. The molecule has 1 atom stereocenters. The van der Waals surface area contributed by atoms with Gasteiger partial charge in [0.05, 0.1) is 6.54 Å². The summed E-state index contributed by atoms with van der Waals surface area (Å²) in [6.45, 7) is 12.7. The van der Waals surface area contributed by atoms with Crippen LogP contribution in [0.2, 0.25) is 0 Å². The number of hydrogen-bond donors (Lipinski definition) is 0. The molecule has 0 aliphatic carbocycles. The average molecular weight is 298 g/mol. The summed E-state index contributed by atoms with van der Waals surface area (Å²) in [7, 11) is 0. The Morgan fingerprint density at radius 2 is 1.82 bits per heavy atom. The quantitative estimate of drug-likeness (QED) is 0.856. The number of anilines is 1. The summed E-state index contributed by atoms with van der Waals surface area (Å²) in [6, 6.07) is 11.6. The van der Waals surface area contributed by atoms with E-state index in [4.69, 9.17) is 4.42 Å². The zero-order valence-corrected chi connectivity index (χ0v) is 14.1.